The van der Waals surface area contributed by atoms with Crippen molar-refractivity contribution in [1.29, 1.82) is 0 Å². The highest BCUT2D eigenvalue weighted by Gasteiger charge is 2.53. The first-order chi connectivity index (χ1) is 19.1. The lowest BCUT2D eigenvalue weighted by molar-refractivity contribution is -0.171. The number of hydrogen-bond donors (Lipinski definition) is 2. The minimum atomic E-state index is -1.51. The molecule has 0 amide bonds. The Morgan fingerprint density at radius 3 is 2.10 bits per heavy atom. The maximum Gasteiger partial charge on any atom is 0.336 e. The number of methoxy groups -OCH3 is 2. The van der Waals surface area contributed by atoms with E-state index in [1.807, 2.05) is 48.5 Å². The number of aliphatic hydroxyl groups is 1. The van der Waals surface area contributed by atoms with Gasteiger partial charge in [-0.05, 0) is 78.1 Å². The van der Waals surface area contributed by atoms with Crippen molar-refractivity contribution < 1.29 is 33.6 Å². The van der Waals surface area contributed by atoms with Gasteiger partial charge < -0.3 is 29.4 Å². The minimum Gasteiger partial charge on any atom is -0.493 e. The molecule has 2 aromatic carbocycles. The van der Waals surface area contributed by atoms with Gasteiger partial charge in [0.25, 0.3) is 0 Å². The van der Waals surface area contributed by atoms with Crippen molar-refractivity contribution in [2.45, 2.75) is 84.0 Å². The van der Waals surface area contributed by atoms with Crippen LogP contribution in [0.2, 0.25) is 0 Å². The summed E-state index contributed by atoms with van der Waals surface area (Å²) in [6.45, 7) is 12.8. The Balaban J connectivity index is 2.09. The Labute approximate surface area is 244 Å². The van der Waals surface area contributed by atoms with E-state index in [1.165, 1.54) is 0 Å². The van der Waals surface area contributed by atoms with Crippen LogP contribution in [0.25, 0.3) is 0 Å². The van der Waals surface area contributed by atoms with Crippen molar-refractivity contribution in [3.8, 4) is 11.5 Å². The van der Waals surface area contributed by atoms with E-state index >= 15 is 0 Å². The average molecular weight is 568 g/mol. The first-order valence-corrected chi connectivity index (χ1v) is 14.0. The predicted octanol–water partition coefficient (Wildman–Crippen LogP) is 5.33. The number of carbonyl (C=O) groups is 2. The summed E-state index contributed by atoms with van der Waals surface area (Å²) >= 11 is 0. The van der Waals surface area contributed by atoms with Crippen LogP contribution < -0.4 is 14.8 Å². The summed E-state index contributed by atoms with van der Waals surface area (Å²) < 4.78 is 22.4. The lowest BCUT2D eigenvalue weighted by atomic mass is 9.65. The van der Waals surface area contributed by atoms with E-state index in [4.69, 9.17) is 18.9 Å². The molecule has 0 heterocycles. The molecule has 224 valence electrons. The highest BCUT2D eigenvalue weighted by atomic mass is 16.6. The third-order valence-corrected chi connectivity index (χ3v) is 6.81. The van der Waals surface area contributed by atoms with Gasteiger partial charge in [-0.3, -0.25) is 4.79 Å². The first kappa shape index (κ1) is 32.0. The largest absolute Gasteiger partial charge is 0.493 e. The van der Waals surface area contributed by atoms with Gasteiger partial charge in [0.1, 0.15) is 11.2 Å². The number of carbonyl (C=O) groups excluding carboxylic acids is 2. The van der Waals surface area contributed by atoms with Crippen LogP contribution >= 0.6 is 0 Å². The summed E-state index contributed by atoms with van der Waals surface area (Å²) in [7, 11) is 3.18. The summed E-state index contributed by atoms with van der Waals surface area (Å²) in [4.78, 5) is 27.6. The molecule has 0 saturated carbocycles. The molecule has 0 bridgehead atoms. The molecule has 8 heteroatoms. The van der Waals surface area contributed by atoms with Gasteiger partial charge in [0.15, 0.2) is 11.5 Å². The Morgan fingerprint density at radius 2 is 1.54 bits per heavy atom. The highest BCUT2D eigenvalue weighted by Crippen LogP contribution is 2.48. The Kier molecular flexibility index (Phi) is 9.80. The zero-order valence-electron chi connectivity index (χ0n) is 25.8. The molecule has 0 saturated heterocycles. The monoisotopic (exact) mass is 567 g/mol. The predicted molar refractivity (Wildman–Crippen MR) is 158 cm³/mol. The fourth-order valence-corrected chi connectivity index (χ4v) is 5.19. The Morgan fingerprint density at radius 1 is 0.927 bits per heavy atom. The molecule has 0 unspecified atom stereocenters. The molecule has 1 aliphatic rings. The van der Waals surface area contributed by atoms with Crippen LogP contribution in [0.5, 0.6) is 11.5 Å². The number of esters is 2. The van der Waals surface area contributed by atoms with E-state index in [-0.39, 0.29) is 6.42 Å². The van der Waals surface area contributed by atoms with E-state index in [0.29, 0.717) is 41.3 Å². The average Bonchev–Trinajstić information content (AvgIpc) is 2.85. The number of benzene rings is 2. The van der Waals surface area contributed by atoms with Gasteiger partial charge in [0.05, 0.1) is 31.3 Å². The van der Waals surface area contributed by atoms with Gasteiger partial charge in [0.2, 0.25) is 0 Å². The topological polar surface area (TPSA) is 103 Å². The quantitative estimate of drug-likeness (QED) is 0.392. The van der Waals surface area contributed by atoms with Gasteiger partial charge in [-0.1, -0.05) is 36.4 Å². The van der Waals surface area contributed by atoms with Gasteiger partial charge >= 0.3 is 11.9 Å². The molecule has 1 aliphatic carbocycles. The maximum atomic E-state index is 13.9. The summed E-state index contributed by atoms with van der Waals surface area (Å²) in [6, 6.07) is 15.0. The van der Waals surface area contributed by atoms with Crippen LogP contribution in [-0.4, -0.2) is 54.6 Å². The molecular formula is C33H45NO7. The first-order valence-electron chi connectivity index (χ1n) is 14.0. The number of hydrogen-bond acceptors (Lipinski definition) is 8. The third kappa shape index (κ3) is 8.26. The zero-order valence-corrected chi connectivity index (χ0v) is 25.8. The van der Waals surface area contributed by atoms with Crippen LogP contribution in [0.4, 0.5) is 0 Å². The minimum absolute atomic E-state index is 0.0424. The van der Waals surface area contributed by atoms with Crippen molar-refractivity contribution in [3.63, 3.8) is 0 Å². The fourth-order valence-electron chi connectivity index (χ4n) is 5.19. The van der Waals surface area contributed by atoms with Gasteiger partial charge in [-0.15, -0.1) is 0 Å². The molecule has 0 spiro atoms. The van der Waals surface area contributed by atoms with Crippen LogP contribution in [0.1, 0.15) is 71.9 Å². The second kappa shape index (κ2) is 12.6. The van der Waals surface area contributed by atoms with E-state index in [1.54, 1.807) is 62.7 Å². The summed E-state index contributed by atoms with van der Waals surface area (Å²) in [5.74, 6) is -1.67. The van der Waals surface area contributed by atoms with E-state index in [2.05, 4.69) is 5.32 Å². The highest BCUT2D eigenvalue weighted by molar-refractivity contribution is 5.94. The fraction of sp³-hybridized carbons (Fsp3) is 0.515. The maximum absolute atomic E-state index is 13.9. The third-order valence-electron chi connectivity index (χ3n) is 6.81. The van der Waals surface area contributed by atoms with Gasteiger partial charge in [0, 0.05) is 24.6 Å². The molecule has 41 heavy (non-hydrogen) atoms. The molecule has 3 rings (SSSR count). The molecule has 0 aromatic heterocycles. The molecule has 0 radical (unpaired) electrons. The molecule has 8 nitrogen and oxygen atoms in total. The number of rotatable bonds is 9. The Bertz CT molecular complexity index is 1250. The van der Waals surface area contributed by atoms with Crippen LogP contribution in [0.3, 0.4) is 0 Å². The second-order valence-electron chi connectivity index (χ2n) is 12.7. The second-order valence-corrected chi connectivity index (χ2v) is 12.7. The number of ether oxygens (including phenoxy) is 4. The van der Waals surface area contributed by atoms with Crippen LogP contribution in [-0.2, 0) is 25.5 Å². The number of nitrogens with one attached hydrogen (secondary N) is 1. The smallest absolute Gasteiger partial charge is 0.336 e. The van der Waals surface area contributed by atoms with Crippen LogP contribution in [0, 0.1) is 5.92 Å². The van der Waals surface area contributed by atoms with Gasteiger partial charge in [-0.2, -0.15) is 0 Å². The molecular weight excluding hydrogens is 522 g/mol. The summed E-state index contributed by atoms with van der Waals surface area (Å²) in [5, 5.41) is 15.2. The van der Waals surface area contributed by atoms with Crippen LogP contribution in [0.15, 0.2) is 59.8 Å². The molecule has 2 N–H and O–H groups in total. The zero-order chi connectivity index (χ0) is 30.6. The molecule has 3 atom stereocenters. The van der Waals surface area contributed by atoms with E-state index in [9.17, 15) is 14.7 Å². The van der Waals surface area contributed by atoms with Crippen molar-refractivity contribution in [2.24, 2.45) is 5.92 Å². The van der Waals surface area contributed by atoms with Crippen molar-refractivity contribution in [2.75, 3.05) is 20.8 Å². The Hall–Kier alpha value is -3.52. The lowest BCUT2D eigenvalue weighted by Crippen LogP contribution is -2.52. The van der Waals surface area contributed by atoms with Gasteiger partial charge in [-0.25, -0.2) is 4.79 Å². The van der Waals surface area contributed by atoms with Crippen molar-refractivity contribution in [3.05, 3.63) is 70.9 Å². The van der Waals surface area contributed by atoms with E-state index in [0.717, 1.165) is 5.56 Å². The SMILES string of the molecule is COc1ccc(CCNC2=C(C(=O)OC(C)(C)C)[C@@H](c3ccccc3)[C@H](C(=O)OC(C)(C)C)[C@](C)(O)C2)cc1OC. The summed E-state index contributed by atoms with van der Waals surface area (Å²) in [6.07, 6.45) is 0.653. The summed E-state index contributed by atoms with van der Waals surface area (Å²) in [5.41, 5.74) is -0.481. The van der Waals surface area contributed by atoms with Crippen molar-refractivity contribution >= 4 is 11.9 Å². The molecule has 2 aromatic rings. The van der Waals surface area contributed by atoms with E-state index < -0.39 is 40.6 Å². The standard InChI is InChI=1S/C33H45NO7/c1-31(2,3)40-29(35)27-23(34-18-17-21-15-16-24(38-8)25(19-21)39-9)20-33(7,37)28(30(36)41-32(4,5)6)26(27)22-13-11-10-12-14-22/h10-16,19,26,28,34,37H,17-18,20H2,1-9H3/t26-,28-,33-/m1/s1. The normalized spacial score (nSPS) is 21.2. The van der Waals surface area contributed by atoms with Crippen molar-refractivity contribution in [1.82, 2.24) is 5.32 Å². The molecule has 0 fully saturated rings. The lowest BCUT2D eigenvalue weighted by Gasteiger charge is -2.44. The molecule has 0 aliphatic heterocycles.